The second-order valence-corrected chi connectivity index (χ2v) is 9.53. The summed E-state index contributed by atoms with van der Waals surface area (Å²) in [6, 6.07) is 14.9. The molecule has 7 heteroatoms. The molecule has 1 aliphatic heterocycles. The van der Waals surface area contributed by atoms with Crippen molar-refractivity contribution in [2.24, 2.45) is 0 Å². The van der Waals surface area contributed by atoms with E-state index in [0.29, 0.717) is 0 Å². The number of anilines is 1. The Balaban J connectivity index is 1.65. The van der Waals surface area contributed by atoms with Crippen LogP contribution < -0.4 is 9.64 Å². The molecule has 0 spiro atoms. The molecular formula is C26H36N6O. The third kappa shape index (κ3) is 4.60. The lowest BCUT2D eigenvalue weighted by Crippen LogP contribution is -2.49. The van der Waals surface area contributed by atoms with Gasteiger partial charge >= 0.3 is 0 Å². The van der Waals surface area contributed by atoms with Crippen LogP contribution in [0.2, 0.25) is 0 Å². The summed E-state index contributed by atoms with van der Waals surface area (Å²) < 4.78 is 7.41. The van der Waals surface area contributed by atoms with Crippen molar-refractivity contribution in [2.45, 2.75) is 52.6 Å². The minimum Gasteiger partial charge on any atom is -0.497 e. The Morgan fingerprint density at radius 2 is 1.70 bits per heavy atom. The summed E-state index contributed by atoms with van der Waals surface area (Å²) in [7, 11) is 1.70. The zero-order valence-electron chi connectivity index (χ0n) is 20.7. The molecule has 1 aromatic heterocycles. The van der Waals surface area contributed by atoms with E-state index in [1.165, 1.54) is 22.4 Å². The first kappa shape index (κ1) is 23.2. The van der Waals surface area contributed by atoms with Gasteiger partial charge in [0.25, 0.3) is 0 Å². The predicted octanol–water partition coefficient (Wildman–Crippen LogP) is 4.36. The summed E-state index contributed by atoms with van der Waals surface area (Å²) in [6.45, 7) is 14.8. The average molecular weight is 449 g/mol. The fraction of sp³-hybridized carbons (Fsp3) is 0.500. The predicted molar refractivity (Wildman–Crippen MR) is 132 cm³/mol. The fourth-order valence-electron chi connectivity index (χ4n) is 4.55. The summed E-state index contributed by atoms with van der Waals surface area (Å²) in [4.78, 5) is 5.01. The van der Waals surface area contributed by atoms with E-state index in [4.69, 9.17) is 4.74 Å². The average Bonchev–Trinajstić information content (AvgIpc) is 3.32. The van der Waals surface area contributed by atoms with Crippen molar-refractivity contribution < 1.29 is 4.74 Å². The summed E-state index contributed by atoms with van der Waals surface area (Å²) in [5.74, 6) is 1.75. The van der Waals surface area contributed by atoms with Gasteiger partial charge in [-0.05, 0) is 79.4 Å². The minimum absolute atomic E-state index is 0.0162. The van der Waals surface area contributed by atoms with Crippen molar-refractivity contribution in [3.05, 3.63) is 65.0 Å². The van der Waals surface area contributed by atoms with Crippen molar-refractivity contribution in [2.75, 3.05) is 38.2 Å². The second kappa shape index (κ2) is 9.51. The monoisotopic (exact) mass is 448 g/mol. The number of tetrazole rings is 1. The van der Waals surface area contributed by atoms with Gasteiger partial charge in [0, 0.05) is 31.9 Å². The zero-order chi connectivity index (χ0) is 23.6. The lowest BCUT2D eigenvalue weighted by Gasteiger charge is -2.41. The molecule has 1 saturated heterocycles. The van der Waals surface area contributed by atoms with Crippen molar-refractivity contribution in [3.63, 3.8) is 0 Å². The number of hydrogen-bond donors (Lipinski definition) is 0. The third-order valence-electron chi connectivity index (χ3n) is 7.20. The van der Waals surface area contributed by atoms with Crippen LogP contribution in [-0.2, 0) is 5.54 Å². The van der Waals surface area contributed by atoms with Gasteiger partial charge in [-0.15, -0.1) is 5.10 Å². The van der Waals surface area contributed by atoms with Crippen molar-refractivity contribution in [1.29, 1.82) is 0 Å². The van der Waals surface area contributed by atoms with Gasteiger partial charge < -0.3 is 9.64 Å². The first-order valence-electron chi connectivity index (χ1n) is 11.8. The molecule has 1 aliphatic rings. The highest BCUT2D eigenvalue weighted by atomic mass is 16.5. The van der Waals surface area contributed by atoms with Crippen LogP contribution in [-0.4, -0.2) is 58.4 Å². The molecular weight excluding hydrogens is 412 g/mol. The highest BCUT2D eigenvalue weighted by Gasteiger charge is 2.34. The number of hydrogen-bond acceptors (Lipinski definition) is 6. The maximum absolute atomic E-state index is 5.40. The van der Waals surface area contributed by atoms with Crippen LogP contribution in [0.25, 0.3) is 0 Å². The van der Waals surface area contributed by atoms with Crippen LogP contribution in [0.5, 0.6) is 5.75 Å². The van der Waals surface area contributed by atoms with Gasteiger partial charge in [-0.1, -0.05) is 31.2 Å². The molecule has 3 aromatic rings. The zero-order valence-corrected chi connectivity index (χ0v) is 20.7. The van der Waals surface area contributed by atoms with E-state index in [2.05, 4.69) is 90.3 Å². The summed E-state index contributed by atoms with van der Waals surface area (Å²) in [5.41, 5.74) is 5.06. The molecule has 2 heterocycles. The van der Waals surface area contributed by atoms with Crippen LogP contribution in [0.15, 0.2) is 42.5 Å². The SMILES string of the molecule is CCC(C)(C)n1nnnc1C(c1ccc(OC)cc1)N1CCN(c2cccc(C)c2C)CC1. The first-order chi connectivity index (χ1) is 15.9. The number of methoxy groups -OCH3 is 1. The molecule has 1 unspecified atom stereocenters. The van der Waals surface area contributed by atoms with Crippen LogP contribution in [0, 0.1) is 13.8 Å². The first-order valence-corrected chi connectivity index (χ1v) is 11.8. The van der Waals surface area contributed by atoms with E-state index in [-0.39, 0.29) is 11.6 Å². The molecule has 2 aromatic carbocycles. The molecule has 0 N–H and O–H groups in total. The molecule has 0 radical (unpaired) electrons. The van der Waals surface area contributed by atoms with Gasteiger partial charge in [0.15, 0.2) is 5.82 Å². The van der Waals surface area contributed by atoms with Gasteiger partial charge in [0.05, 0.1) is 18.7 Å². The highest BCUT2D eigenvalue weighted by molar-refractivity contribution is 5.56. The Labute approximate surface area is 197 Å². The molecule has 0 amide bonds. The molecule has 0 saturated carbocycles. The summed E-state index contributed by atoms with van der Waals surface area (Å²) in [6.07, 6.45) is 0.945. The van der Waals surface area contributed by atoms with E-state index >= 15 is 0 Å². The second-order valence-electron chi connectivity index (χ2n) is 9.53. The van der Waals surface area contributed by atoms with Gasteiger partial charge in [0.2, 0.25) is 0 Å². The van der Waals surface area contributed by atoms with E-state index in [9.17, 15) is 0 Å². The van der Waals surface area contributed by atoms with Gasteiger partial charge in [-0.3, -0.25) is 4.90 Å². The lowest BCUT2D eigenvalue weighted by molar-refractivity contribution is 0.187. The van der Waals surface area contributed by atoms with Gasteiger partial charge in [-0.25, -0.2) is 4.68 Å². The molecule has 4 rings (SSSR count). The molecule has 1 atom stereocenters. The van der Waals surface area contributed by atoms with Crippen LogP contribution in [0.3, 0.4) is 0 Å². The number of aryl methyl sites for hydroxylation is 1. The minimum atomic E-state index is -0.163. The lowest BCUT2D eigenvalue weighted by atomic mass is 9.99. The van der Waals surface area contributed by atoms with Crippen LogP contribution >= 0.6 is 0 Å². The molecule has 176 valence electrons. The Morgan fingerprint density at radius 1 is 1.00 bits per heavy atom. The molecule has 0 aliphatic carbocycles. The van der Waals surface area contributed by atoms with Gasteiger partial charge in [-0.2, -0.15) is 0 Å². The number of nitrogens with zero attached hydrogens (tertiary/aromatic N) is 6. The van der Waals surface area contributed by atoms with Crippen molar-refractivity contribution >= 4 is 5.69 Å². The van der Waals surface area contributed by atoms with Gasteiger partial charge in [0.1, 0.15) is 5.75 Å². The fourth-order valence-corrected chi connectivity index (χ4v) is 4.55. The third-order valence-corrected chi connectivity index (χ3v) is 7.20. The topological polar surface area (TPSA) is 59.3 Å². The Kier molecular flexibility index (Phi) is 6.70. The number of ether oxygens (including phenoxy) is 1. The number of piperazine rings is 1. The van der Waals surface area contributed by atoms with Crippen molar-refractivity contribution in [1.82, 2.24) is 25.1 Å². The van der Waals surface area contributed by atoms with E-state index in [1.807, 2.05) is 16.8 Å². The summed E-state index contributed by atoms with van der Waals surface area (Å²) in [5, 5.41) is 13.1. The molecule has 33 heavy (non-hydrogen) atoms. The quantitative estimate of drug-likeness (QED) is 0.535. The Hall–Kier alpha value is -2.93. The number of rotatable bonds is 7. The van der Waals surface area contributed by atoms with Crippen LogP contribution in [0.4, 0.5) is 5.69 Å². The highest BCUT2D eigenvalue weighted by Crippen LogP contribution is 2.33. The van der Waals surface area contributed by atoms with E-state index in [0.717, 1.165) is 44.2 Å². The van der Waals surface area contributed by atoms with Crippen molar-refractivity contribution in [3.8, 4) is 5.75 Å². The maximum Gasteiger partial charge on any atom is 0.173 e. The number of aromatic nitrogens is 4. The van der Waals surface area contributed by atoms with E-state index in [1.54, 1.807) is 7.11 Å². The normalized spacial score (nSPS) is 16.1. The molecule has 0 bridgehead atoms. The molecule has 7 nitrogen and oxygen atoms in total. The Bertz CT molecular complexity index is 1070. The Morgan fingerprint density at radius 3 is 2.33 bits per heavy atom. The summed E-state index contributed by atoms with van der Waals surface area (Å²) >= 11 is 0. The van der Waals surface area contributed by atoms with E-state index < -0.39 is 0 Å². The maximum atomic E-state index is 5.40. The standard InChI is InChI=1S/C26H36N6O/c1-7-26(4,5)32-25(27-28-29-32)24(21-11-13-22(33-6)14-12-21)31-17-15-30(16-18-31)23-10-8-9-19(2)20(23)3/h8-14,24H,7,15-18H2,1-6H3. The number of benzene rings is 2. The van der Waals surface area contributed by atoms with Crippen LogP contribution in [0.1, 0.15) is 55.7 Å². The molecule has 1 fully saturated rings. The smallest absolute Gasteiger partial charge is 0.173 e. The largest absolute Gasteiger partial charge is 0.497 e.